The second-order valence-electron chi connectivity index (χ2n) is 5.41. The van der Waals surface area contributed by atoms with Gasteiger partial charge in [0.05, 0.1) is 22.7 Å². The van der Waals surface area contributed by atoms with Gasteiger partial charge in [0.1, 0.15) is 5.82 Å². The van der Waals surface area contributed by atoms with E-state index in [1.807, 2.05) is 25.1 Å². The lowest BCUT2D eigenvalue weighted by Gasteiger charge is -2.28. The first kappa shape index (κ1) is 14.8. The second-order valence-corrected chi connectivity index (χ2v) is 5.41. The number of halogens is 1. The molecule has 106 valence electrons. The number of hydrogen-bond acceptors (Lipinski definition) is 3. The fraction of sp³-hybridized carbons (Fsp3) is 0.467. The molecule has 0 radical (unpaired) electrons. The minimum Gasteiger partial charge on any atom is -0.328 e. The molecular formula is C15H19ClN4. The molecular weight excluding hydrogens is 272 g/mol. The number of fused-ring (bicyclic) bond motifs is 1. The molecule has 0 aliphatic heterocycles. The average Bonchev–Trinajstić information content (AvgIpc) is 2.74. The number of imidazole rings is 1. The summed E-state index contributed by atoms with van der Waals surface area (Å²) < 4.78 is 2.32. The van der Waals surface area contributed by atoms with E-state index in [-0.39, 0.29) is 12.4 Å². The van der Waals surface area contributed by atoms with Crippen LogP contribution in [0, 0.1) is 18.3 Å². The number of nitriles is 1. The minimum absolute atomic E-state index is 0. The standard InChI is InChI=1S/C15H18N4.ClH/c1-10-18-14-8-11(9-16)2-7-15(14)19(10)13-5-3-12(17)4-6-13;/h2,7-8,12-13H,3-6,17H2,1H3;1H. The van der Waals surface area contributed by atoms with Crippen LogP contribution in [-0.4, -0.2) is 15.6 Å². The van der Waals surface area contributed by atoms with Gasteiger partial charge in [0.2, 0.25) is 0 Å². The molecule has 1 aromatic carbocycles. The summed E-state index contributed by atoms with van der Waals surface area (Å²) in [5, 5.41) is 8.95. The SMILES string of the molecule is Cc1nc2cc(C#N)ccc2n1C1CCC(N)CC1.Cl. The molecule has 0 bridgehead atoms. The number of hydrogen-bond donors (Lipinski definition) is 1. The Labute approximate surface area is 125 Å². The zero-order valence-corrected chi connectivity index (χ0v) is 12.4. The maximum atomic E-state index is 8.95. The number of benzene rings is 1. The third-order valence-corrected chi connectivity index (χ3v) is 4.10. The van der Waals surface area contributed by atoms with Crippen LogP contribution in [0.2, 0.25) is 0 Å². The van der Waals surface area contributed by atoms with Gasteiger partial charge in [-0.25, -0.2) is 4.98 Å². The molecule has 5 heteroatoms. The summed E-state index contributed by atoms with van der Waals surface area (Å²) in [6.07, 6.45) is 4.40. The van der Waals surface area contributed by atoms with E-state index in [4.69, 9.17) is 11.0 Å². The second kappa shape index (κ2) is 5.82. The van der Waals surface area contributed by atoms with Crippen LogP contribution < -0.4 is 5.73 Å². The van der Waals surface area contributed by atoms with E-state index >= 15 is 0 Å². The van der Waals surface area contributed by atoms with Crippen LogP contribution in [0.1, 0.15) is 43.1 Å². The number of nitrogens with two attached hydrogens (primary N) is 1. The highest BCUT2D eigenvalue weighted by Crippen LogP contribution is 2.32. The fourth-order valence-corrected chi connectivity index (χ4v) is 3.11. The zero-order valence-electron chi connectivity index (χ0n) is 11.5. The van der Waals surface area contributed by atoms with Crippen LogP contribution in [-0.2, 0) is 0 Å². The van der Waals surface area contributed by atoms with Crippen molar-refractivity contribution in [2.75, 3.05) is 0 Å². The van der Waals surface area contributed by atoms with Crippen molar-refractivity contribution in [1.82, 2.24) is 9.55 Å². The van der Waals surface area contributed by atoms with Crippen LogP contribution in [0.3, 0.4) is 0 Å². The van der Waals surface area contributed by atoms with Gasteiger partial charge in [-0.15, -0.1) is 12.4 Å². The molecule has 1 fully saturated rings. The minimum atomic E-state index is 0. The Kier molecular flexibility index (Phi) is 4.32. The maximum Gasteiger partial charge on any atom is 0.106 e. The zero-order chi connectivity index (χ0) is 13.4. The molecule has 0 atom stereocenters. The monoisotopic (exact) mass is 290 g/mol. The summed E-state index contributed by atoms with van der Waals surface area (Å²) in [5.74, 6) is 1.03. The Hall–Kier alpha value is -1.57. The quantitative estimate of drug-likeness (QED) is 0.877. The highest BCUT2D eigenvalue weighted by molar-refractivity contribution is 5.85. The van der Waals surface area contributed by atoms with E-state index in [2.05, 4.69) is 15.6 Å². The highest BCUT2D eigenvalue weighted by atomic mass is 35.5. The van der Waals surface area contributed by atoms with Gasteiger partial charge in [0, 0.05) is 12.1 Å². The van der Waals surface area contributed by atoms with E-state index in [0.717, 1.165) is 42.5 Å². The van der Waals surface area contributed by atoms with Crippen molar-refractivity contribution in [2.45, 2.75) is 44.7 Å². The lowest BCUT2D eigenvalue weighted by Crippen LogP contribution is -2.28. The third-order valence-electron chi connectivity index (χ3n) is 4.10. The number of aromatic nitrogens is 2. The molecule has 1 aliphatic carbocycles. The van der Waals surface area contributed by atoms with E-state index in [1.54, 1.807) is 0 Å². The van der Waals surface area contributed by atoms with Crippen molar-refractivity contribution in [2.24, 2.45) is 5.73 Å². The number of nitrogens with zero attached hydrogens (tertiary/aromatic N) is 3. The molecule has 1 aliphatic rings. The molecule has 0 amide bonds. The van der Waals surface area contributed by atoms with Crippen molar-refractivity contribution in [3.8, 4) is 6.07 Å². The normalized spacial score (nSPS) is 22.2. The first-order valence-electron chi connectivity index (χ1n) is 6.83. The van der Waals surface area contributed by atoms with Gasteiger partial charge < -0.3 is 10.3 Å². The van der Waals surface area contributed by atoms with Crippen molar-refractivity contribution >= 4 is 23.4 Å². The molecule has 1 saturated carbocycles. The summed E-state index contributed by atoms with van der Waals surface area (Å²) in [5.41, 5.74) is 8.71. The molecule has 2 N–H and O–H groups in total. The van der Waals surface area contributed by atoms with E-state index < -0.39 is 0 Å². The summed E-state index contributed by atoms with van der Waals surface area (Å²) in [6, 6.07) is 8.78. The Morgan fingerprint density at radius 2 is 2.00 bits per heavy atom. The Bertz CT molecular complexity index is 648. The molecule has 1 heterocycles. The van der Waals surface area contributed by atoms with Crippen molar-refractivity contribution in [3.05, 3.63) is 29.6 Å². The molecule has 0 saturated heterocycles. The first-order valence-corrected chi connectivity index (χ1v) is 6.83. The van der Waals surface area contributed by atoms with Gasteiger partial charge in [-0.05, 0) is 50.8 Å². The topological polar surface area (TPSA) is 67.6 Å². The molecule has 0 unspecified atom stereocenters. The van der Waals surface area contributed by atoms with Crippen LogP contribution >= 0.6 is 12.4 Å². The molecule has 4 nitrogen and oxygen atoms in total. The molecule has 0 spiro atoms. The van der Waals surface area contributed by atoms with Gasteiger partial charge in [-0.2, -0.15) is 5.26 Å². The Balaban J connectivity index is 0.00000147. The van der Waals surface area contributed by atoms with E-state index in [1.165, 1.54) is 0 Å². The van der Waals surface area contributed by atoms with Gasteiger partial charge in [-0.3, -0.25) is 0 Å². The molecule has 3 rings (SSSR count). The number of aryl methyl sites for hydroxylation is 1. The van der Waals surface area contributed by atoms with Crippen LogP contribution in [0.5, 0.6) is 0 Å². The average molecular weight is 291 g/mol. The van der Waals surface area contributed by atoms with Crippen LogP contribution in [0.4, 0.5) is 0 Å². The maximum absolute atomic E-state index is 8.95. The lowest BCUT2D eigenvalue weighted by molar-refractivity contribution is 0.325. The summed E-state index contributed by atoms with van der Waals surface area (Å²) in [6.45, 7) is 2.04. The highest BCUT2D eigenvalue weighted by Gasteiger charge is 2.22. The molecule has 1 aromatic heterocycles. The first-order chi connectivity index (χ1) is 9.19. The van der Waals surface area contributed by atoms with Gasteiger partial charge in [0.15, 0.2) is 0 Å². The molecule has 20 heavy (non-hydrogen) atoms. The molecule has 2 aromatic rings. The van der Waals surface area contributed by atoms with E-state index in [9.17, 15) is 0 Å². The van der Waals surface area contributed by atoms with Crippen molar-refractivity contribution in [3.63, 3.8) is 0 Å². The van der Waals surface area contributed by atoms with Gasteiger partial charge in [-0.1, -0.05) is 0 Å². The summed E-state index contributed by atoms with van der Waals surface area (Å²) in [7, 11) is 0. The van der Waals surface area contributed by atoms with Crippen LogP contribution in [0.25, 0.3) is 11.0 Å². The van der Waals surface area contributed by atoms with Gasteiger partial charge in [0.25, 0.3) is 0 Å². The smallest absolute Gasteiger partial charge is 0.106 e. The summed E-state index contributed by atoms with van der Waals surface area (Å²) in [4.78, 5) is 4.60. The Morgan fingerprint density at radius 1 is 1.30 bits per heavy atom. The van der Waals surface area contributed by atoms with Crippen molar-refractivity contribution < 1.29 is 0 Å². The largest absolute Gasteiger partial charge is 0.328 e. The van der Waals surface area contributed by atoms with Gasteiger partial charge >= 0.3 is 0 Å². The predicted octanol–water partition coefficient (Wildman–Crippen LogP) is 3.08. The fourth-order valence-electron chi connectivity index (χ4n) is 3.11. The predicted molar refractivity (Wildman–Crippen MR) is 81.9 cm³/mol. The number of rotatable bonds is 1. The van der Waals surface area contributed by atoms with Crippen molar-refractivity contribution in [1.29, 1.82) is 5.26 Å². The van der Waals surface area contributed by atoms with E-state index in [0.29, 0.717) is 17.6 Å². The third kappa shape index (κ3) is 2.52. The van der Waals surface area contributed by atoms with Crippen LogP contribution in [0.15, 0.2) is 18.2 Å². The lowest BCUT2D eigenvalue weighted by atomic mass is 9.91. The Morgan fingerprint density at radius 3 is 2.65 bits per heavy atom. The summed E-state index contributed by atoms with van der Waals surface area (Å²) >= 11 is 0.